The van der Waals surface area contributed by atoms with Crippen LogP contribution in [0.15, 0.2) is 60.7 Å². The molecule has 0 spiro atoms. The van der Waals surface area contributed by atoms with Crippen LogP contribution in [0.2, 0.25) is 0 Å². The van der Waals surface area contributed by atoms with Gasteiger partial charge in [-0.25, -0.2) is 0 Å². The number of fused-ring (bicyclic) bond motifs is 1. The first-order valence-electron chi connectivity index (χ1n) is 12.7. The first-order chi connectivity index (χ1) is 17.6. The molecular weight excluding hydrogens is 464 g/mol. The summed E-state index contributed by atoms with van der Waals surface area (Å²) in [6, 6.07) is 20.1. The normalized spacial score (nSPS) is 15.3. The van der Waals surface area contributed by atoms with E-state index in [9.17, 15) is 9.59 Å². The average molecular weight is 499 g/mol. The molecule has 3 aromatic rings. The molecule has 0 bridgehead atoms. The number of nitrogens with zero attached hydrogens (tertiary/aromatic N) is 1. The van der Waals surface area contributed by atoms with Crippen molar-refractivity contribution < 1.29 is 19.1 Å². The highest BCUT2D eigenvalue weighted by atomic mass is 16.7. The van der Waals surface area contributed by atoms with Gasteiger partial charge in [0.05, 0.1) is 5.41 Å². The molecule has 0 saturated heterocycles. The van der Waals surface area contributed by atoms with Gasteiger partial charge in [-0.1, -0.05) is 57.2 Å². The smallest absolute Gasteiger partial charge is 0.235 e. The standard InChI is InChI=1S/C31H34N2O4/c1-20-6-12-24(32-28(34)31(14-15-31)23-11-13-26-27(16-23)37-19-36-26)17-25(20)22-9-7-21(8-10-22)18-33(5)29(35)30(2,3)4/h6-13,16-17H,14-15,18-19H2,1-5H3,(H,32,34). The molecule has 1 saturated carbocycles. The summed E-state index contributed by atoms with van der Waals surface area (Å²) >= 11 is 0. The van der Waals surface area contributed by atoms with Gasteiger partial charge in [-0.15, -0.1) is 0 Å². The second-order valence-corrected chi connectivity index (χ2v) is 11.2. The van der Waals surface area contributed by atoms with Gasteiger partial charge in [0, 0.05) is 24.7 Å². The Balaban J connectivity index is 1.31. The van der Waals surface area contributed by atoms with E-state index in [1.807, 2.05) is 64.2 Å². The number of nitrogens with one attached hydrogen (secondary N) is 1. The van der Waals surface area contributed by atoms with Gasteiger partial charge < -0.3 is 19.7 Å². The van der Waals surface area contributed by atoms with Crippen LogP contribution in [0.25, 0.3) is 11.1 Å². The maximum atomic E-state index is 13.4. The number of anilines is 1. The lowest BCUT2D eigenvalue weighted by molar-refractivity contribution is -0.138. The fourth-order valence-corrected chi connectivity index (χ4v) is 4.94. The molecule has 0 aromatic heterocycles. The number of benzene rings is 3. The van der Waals surface area contributed by atoms with Crippen molar-refractivity contribution in [2.75, 3.05) is 19.2 Å². The number of ether oxygens (including phenoxy) is 2. The van der Waals surface area contributed by atoms with Gasteiger partial charge in [0.1, 0.15) is 0 Å². The highest BCUT2D eigenvalue weighted by molar-refractivity contribution is 6.02. The van der Waals surface area contributed by atoms with Crippen LogP contribution in [-0.4, -0.2) is 30.6 Å². The molecule has 1 N–H and O–H groups in total. The van der Waals surface area contributed by atoms with Crippen LogP contribution in [-0.2, 0) is 21.5 Å². The fraction of sp³-hybridized carbons (Fsp3) is 0.355. The maximum absolute atomic E-state index is 13.4. The zero-order chi connectivity index (χ0) is 26.4. The molecule has 6 nitrogen and oxygen atoms in total. The Kier molecular flexibility index (Phi) is 6.22. The maximum Gasteiger partial charge on any atom is 0.235 e. The monoisotopic (exact) mass is 498 g/mol. The van der Waals surface area contributed by atoms with Crippen molar-refractivity contribution in [3.8, 4) is 22.6 Å². The van der Waals surface area contributed by atoms with E-state index < -0.39 is 10.8 Å². The summed E-state index contributed by atoms with van der Waals surface area (Å²) in [7, 11) is 1.84. The molecule has 1 aliphatic heterocycles. The van der Waals surface area contributed by atoms with E-state index in [2.05, 4.69) is 36.5 Å². The minimum absolute atomic E-state index is 0.00284. The number of aryl methyl sites for hydroxylation is 1. The van der Waals surface area contributed by atoms with E-state index in [0.717, 1.165) is 52.1 Å². The van der Waals surface area contributed by atoms with Crippen molar-refractivity contribution in [3.63, 3.8) is 0 Å². The SMILES string of the molecule is Cc1ccc(NC(=O)C2(c3ccc4c(c3)OCO4)CC2)cc1-c1ccc(CN(C)C(=O)C(C)(C)C)cc1. The van der Waals surface area contributed by atoms with Crippen LogP contribution in [0.1, 0.15) is 50.3 Å². The molecular formula is C31H34N2O4. The van der Waals surface area contributed by atoms with Crippen LogP contribution in [0, 0.1) is 12.3 Å². The van der Waals surface area contributed by atoms with Crippen molar-refractivity contribution in [2.45, 2.75) is 52.5 Å². The van der Waals surface area contributed by atoms with Gasteiger partial charge in [-0.05, 0) is 71.8 Å². The topological polar surface area (TPSA) is 67.9 Å². The molecule has 37 heavy (non-hydrogen) atoms. The van der Waals surface area contributed by atoms with E-state index in [4.69, 9.17) is 9.47 Å². The first-order valence-corrected chi connectivity index (χ1v) is 12.7. The first kappa shape index (κ1) is 24.9. The third-order valence-electron chi connectivity index (χ3n) is 7.28. The minimum Gasteiger partial charge on any atom is -0.454 e. The Labute approximate surface area is 218 Å². The van der Waals surface area contributed by atoms with Crippen LogP contribution in [0.3, 0.4) is 0 Å². The summed E-state index contributed by atoms with van der Waals surface area (Å²) < 4.78 is 10.9. The van der Waals surface area contributed by atoms with Gasteiger partial charge in [0.25, 0.3) is 0 Å². The molecule has 2 amide bonds. The van der Waals surface area contributed by atoms with Gasteiger partial charge in [0.2, 0.25) is 18.6 Å². The molecule has 0 radical (unpaired) electrons. The van der Waals surface area contributed by atoms with Crippen LogP contribution >= 0.6 is 0 Å². The van der Waals surface area contributed by atoms with E-state index >= 15 is 0 Å². The highest BCUT2D eigenvalue weighted by Gasteiger charge is 2.51. The van der Waals surface area contributed by atoms with Crippen molar-refractivity contribution in [3.05, 3.63) is 77.4 Å². The zero-order valence-corrected chi connectivity index (χ0v) is 22.2. The Hall–Kier alpha value is -3.80. The van der Waals surface area contributed by atoms with E-state index in [-0.39, 0.29) is 18.6 Å². The number of hydrogen-bond acceptors (Lipinski definition) is 4. The van der Waals surface area contributed by atoms with E-state index in [0.29, 0.717) is 12.3 Å². The van der Waals surface area contributed by atoms with Crippen LogP contribution in [0.4, 0.5) is 5.69 Å². The number of amides is 2. The predicted octanol–water partition coefficient (Wildman–Crippen LogP) is 6.07. The van der Waals surface area contributed by atoms with Crippen molar-refractivity contribution in [1.82, 2.24) is 4.90 Å². The Bertz CT molecular complexity index is 1350. The fourth-order valence-electron chi connectivity index (χ4n) is 4.94. The molecule has 0 atom stereocenters. The predicted molar refractivity (Wildman–Crippen MR) is 145 cm³/mol. The quantitative estimate of drug-likeness (QED) is 0.448. The van der Waals surface area contributed by atoms with Crippen molar-refractivity contribution in [2.24, 2.45) is 5.41 Å². The third-order valence-corrected chi connectivity index (χ3v) is 7.28. The molecule has 6 heteroatoms. The molecule has 0 unspecified atom stereocenters. The Morgan fingerprint density at radius 3 is 2.32 bits per heavy atom. The summed E-state index contributed by atoms with van der Waals surface area (Å²) in [5.74, 6) is 1.54. The molecule has 192 valence electrons. The molecule has 1 aliphatic carbocycles. The number of hydrogen-bond donors (Lipinski definition) is 1. The number of carbonyl (C=O) groups excluding carboxylic acids is 2. The number of carbonyl (C=O) groups is 2. The average Bonchev–Trinajstić information content (AvgIpc) is 3.55. The summed E-state index contributed by atoms with van der Waals surface area (Å²) in [5.41, 5.74) is 5.15. The summed E-state index contributed by atoms with van der Waals surface area (Å²) in [6.45, 7) is 8.65. The van der Waals surface area contributed by atoms with Gasteiger partial charge >= 0.3 is 0 Å². The second-order valence-electron chi connectivity index (χ2n) is 11.2. The lowest BCUT2D eigenvalue weighted by Crippen LogP contribution is -2.36. The Morgan fingerprint density at radius 1 is 0.946 bits per heavy atom. The Morgan fingerprint density at radius 2 is 1.65 bits per heavy atom. The molecule has 1 heterocycles. The molecule has 1 fully saturated rings. The number of rotatable bonds is 6. The lowest BCUT2D eigenvalue weighted by Gasteiger charge is -2.26. The van der Waals surface area contributed by atoms with Gasteiger partial charge in [-0.2, -0.15) is 0 Å². The lowest BCUT2D eigenvalue weighted by atomic mass is 9.94. The van der Waals surface area contributed by atoms with Crippen molar-refractivity contribution >= 4 is 17.5 Å². The van der Waals surface area contributed by atoms with E-state index in [1.54, 1.807) is 4.90 Å². The molecule has 5 rings (SSSR count). The summed E-state index contributed by atoms with van der Waals surface area (Å²) in [5, 5.41) is 3.16. The minimum atomic E-state index is -0.524. The van der Waals surface area contributed by atoms with Gasteiger partial charge in [-0.3, -0.25) is 9.59 Å². The third kappa shape index (κ3) is 4.93. The highest BCUT2D eigenvalue weighted by Crippen LogP contribution is 2.51. The van der Waals surface area contributed by atoms with Gasteiger partial charge in [0.15, 0.2) is 11.5 Å². The second kappa shape index (κ2) is 9.25. The van der Waals surface area contributed by atoms with Crippen molar-refractivity contribution in [1.29, 1.82) is 0 Å². The van der Waals surface area contributed by atoms with Crippen LogP contribution < -0.4 is 14.8 Å². The summed E-state index contributed by atoms with van der Waals surface area (Å²) in [4.78, 5) is 27.7. The zero-order valence-electron chi connectivity index (χ0n) is 22.2. The summed E-state index contributed by atoms with van der Waals surface area (Å²) in [6.07, 6.45) is 1.62. The molecule has 3 aromatic carbocycles. The van der Waals surface area contributed by atoms with E-state index in [1.165, 1.54) is 0 Å². The molecule has 2 aliphatic rings. The van der Waals surface area contributed by atoms with Crippen LogP contribution in [0.5, 0.6) is 11.5 Å². The largest absolute Gasteiger partial charge is 0.454 e.